The van der Waals surface area contributed by atoms with Crippen LogP contribution in [0.1, 0.15) is 32.3 Å². The second-order valence-corrected chi connectivity index (χ2v) is 5.47. The van der Waals surface area contributed by atoms with Gasteiger partial charge in [0.1, 0.15) is 5.54 Å². The van der Waals surface area contributed by atoms with Crippen molar-refractivity contribution in [3.8, 4) is 0 Å². The lowest BCUT2D eigenvalue weighted by molar-refractivity contribution is -0.157. The monoisotopic (exact) mass is 276 g/mol. The van der Waals surface area contributed by atoms with Crippen LogP contribution in [0.3, 0.4) is 0 Å². The molecule has 5 nitrogen and oxygen atoms in total. The molecule has 1 heterocycles. The molecule has 5 heteroatoms. The van der Waals surface area contributed by atoms with E-state index in [4.69, 9.17) is 0 Å². The van der Waals surface area contributed by atoms with E-state index in [2.05, 4.69) is 5.32 Å². The number of aliphatic carboxylic acids is 1. The van der Waals surface area contributed by atoms with E-state index in [9.17, 15) is 14.7 Å². The number of carbonyl (C=O) groups excluding carboxylic acids is 1. The topological polar surface area (TPSA) is 69.6 Å². The predicted octanol–water partition coefficient (Wildman–Crippen LogP) is 1.91. The van der Waals surface area contributed by atoms with Gasteiger partial charge in [0.15, 0.2) is 0 Å². The summed E-state index contributed by atoms with van der Waals surface area (Å²) in [6, 6.07) is 7.66. The third-order valence-electron chi connectivity index (χ3n) is 3.91. The van der Waals surface area contributed by atoms with Gasteiger partial charge >= 0.3 is 5.97 Å². The lowest BCUT2D eigenvalue weighted by Gasteiger charge is -2.36. The maximum atomic E-state index is 12.7. The number of amides is 1. The highest BCUT2D eigenvalue weighted by molar-refractivity contribution is 5.92. The Kier molecular flexibility index (Phi) is 3.70. The van der Waals surface area contributed by atoms with Crippen molar-refractivity contribution in [2.24, 2.45) is 0 Å². The van der Waals surface area contributed by atoms with Gasteiger partial charge < -0.3 is 15.3 Å². The molecular weight excluding hydrogens is 256 g/mol. The minimum Gasteiger partial charge on any atom is -0.480 e. The largest absolute Gasteiger partial charge is 0.480 e. The molecule has 1 atom stereocenters. The second-order valence-electron chi connectivity index (χ2n) is 5.47. The molecule has 0 bridgehead atoms. The first kappa shape index (κ1) is 14.4. The fourth-order valence-corrected chi connectivity index (χ4v) is 2.63. The molecule has 0 radical (unpaired) electrons. The van der Waals surface area contributed by atoms with Crippen molar-refractivity contribution < 1.29 is 14.7 Å². The van der Waals surface area contributed by atoms with Crippen LogP contribution >= 0.6 is 0 Å². The highest BCUT2D eigenvalue weighted by atomic mass is 16.4. The summed E-state index contributed by atoms with van der Waals surface area (Å²) < 4.78 is 0. The fourth-order valence-electron chi connectivity index (χ4n) is 2.63. The van der Waals surface area contributed by atoms with Gasteiger partial charge in [-0.25, -0.2) is 4.79 Å². The van der Waals surface area contributed by atoms with Gasteiger partial charge in [-0.2, -0.15) is 0 Å². The van der Waals surface area contributed by atoms with Crippen molar-refractivity contribution in [3.05, 3.63) is 29.8 Å². The van der Waals surface area contributed by atoms with Gasteiger partial charge in [0.05, 0.1) is 5.92 Å². The van der Waals surface area contributed by atoms with E-state index in [1.165, 1.54) is 4.90 Å². The summed E-state index contributed by atoms with van der Waals surface area (Å²) in [5.74, 6) is -1.45. The zero-order valence-electron chi connectivity index (χ0n) is 12.0. The Hall–Kier alpha value is -2.04. The average Bonchev–Trinajstić information content (AvgIpc) is 2.82. The number of carbonyl (C=O) groups is 2. The SMILES string of the molecule is CCN(C(=O)C1CNc2ccccc21)C(C)(C)C(=O)O. The Bertz CT molecular complexity index is 540. The molecule has 20 heavy (non-hydrogen) atoms. The Balaban J connectivity index is 2.30. The molecule has 0 aliphatic carbocycles. The highest BCUT2D eigenvalue weighted by Gasteiger charge is 2.41. The minimum atomic E-state index is -1.20. The van der Waals surface area contributed by atoms with Crippen LogP contribution in [0.15, 0.2) is 24.3 Å². The van der Waals surface area contributed by atoms with Crippen LogP contribution in [-0.2, 0) is 9.59 Å². The fraction of sp³-hybridized carbons (Fsp3) is 0.467. The third-order valence-corrected chi connectivity index (χ3v) is 3.91. The Morgan fingerprint density at radius 1 is 1.40 bits per heavy atom. The van der Waals surface area contributed by atoms with E-state index in [1.807, 2.05) is 24.3 Å². The van der Waals surface area contributed by atoms with Gasteiger partial charge in [0, 0.05) is 18.8 Å². The van der Waals surface area contributed by atoms with Crippen molar-refractivity contribution in [1.29, 1.82) is 0 Å². The quantitative estimate of drug-likeness (QED) is 0.881. The lowest BCUT2D eigenvalue weighted by atomic mass is 9.95. The summed E-state index contributed by atoms with van der Waals surface area (Å²) in [5.41, 5.74) is 0.691. The molecule has 0 fully saturated rings. The normalized spacial score (nSPS) is 17.2. The molecule has 0 saturated heterocycles. The van der Waals surface area contributed by atoms with Crippen molar-refractivity contribution in [3.63, 3.8) is 0 Å². The molecule has 1 amide bonds. The highest BCUT2D eigenvalue weighted by Crippen LogP contribution is 2.33. The third kappa shape index (κ3) is 2.24. The van der Waals surface area contributed by atoms with Gasteiger partial charge in [-0.05, 0) is 32.4 Å². The number of rotatable bonds is 4. The van der Waals surface area contributed by atoms with Gasteiger partial charge in [0.25, 0.3) is 0 Å². The zero-order chi connectivity index (χ0) is 14.9. The molecule has 2 N–H and O–H groups in total. The summed E-state index contributed by atoms with van der Waals surface area (Å²) in [5, 5.41) is 12.5. The van der Waals surface area contributed by atoms with Gasteiger partial charge in [-0.15, -0.1) is 0 Å². The van der Waals surface area contributed by atoms with Gasteiger partial charge in [0.2, 0.25) is 5.91 Å². The Morgan fingerprint density at radius 3 is 2.65 bits per heavy atom. The van der Waals surface area contributed by atoms with Crippen molar-refractivity contribution >= 4 is 17.6 Å². The number of para-hydroxylation sites is 1. The summed E-state index contributed by atoms with van der Waals surface area (Å²) >= 11 is 0. The first-order valence-corrected chi connectivity index (χ1v) is 6.77. The molecule has 0 saturated carbocycles. The number of nitrogens with one attached hydrogen (secondary N) is 1. The average molecular weight is 276 g/mol. The lowest BCUT2D eigenvalue weighted by Crippen LogP contribution is -2.54. The van der Waals surface area contributed by atoms with E-state index < -0.39 is 11.5 Å². The minimum absolute atomic E-state index is 0.141. The molecule has 1 aromatic carbocycles. The second kappa shape index (κ2) is 5.15. The van der Waals surface area contributed by atoms with Crippen LogP contribution in [0, 0.1) is 0 Å². The van der Waals surface area contributed by atoms with Crippen LogP contribution in [0.5, 0.6) is 0 Å². The van der Waals surface area contributed by atoms with Gasteiger partial charge in [-0.1, -0.05) is 18.2 Å². The zero-order valence-corrected chi connectivity index (χ0v) is 12.0. The number of hydrogen-bond donors (Lipinski definition) is 2. The number of hydrogen-bond acceptors (Lipinski definition) is 3. The Labute approximate surface area is 118 Å². The van der Waals surface area contributed by atoms with Crippen molar-refractivity contribution in [2.45, 2.75) is 32.2 Å². The predicted molar refractivity (Wildman–Crippen MR) is 76.8 cm³/mol. The summed E-state index contributed by atoms with van der Waals surface area (Å²) in [6.07, 6.45) is 0. The summed E-state index contributed by atoms with van der Waals surface area (Å²) in [4.78, 5) is 25.5. The number of carboxylic acid groups (broad SMARTS) is 1. The molecule has 2 rings (SSSR count). The standard InChI is InChI=1S/C15H20N2O3/c1-4-17(15(2,3)14(19)20)13(18)11-9-16-12-8-6-5-7-10(11)12/h5-8,11,16H,4,9H2,1-3H3,(H,19,20). The van der Waals surface area contributed by atoms with Crippen LogP contribution in [0.4, 0.5) is 5.69 Å². The Morgan fingerprint density at radius 2 is 2.05 bits per heavy atom. The van der Waals surface area contributed by atoms with Gasteiger partial charge in [-0.3, -0.25) is 4.79 Å². The maximum Gasteiger partial charge on any atom is 0.329 e. The molecule has 108 valence electrons. The molecule has 0 spiro atoms. The first-order valence-electron chi connectivity index (χ1n) is 6.77. The molecule has 1 aromatic rings. The van der Waals surface area contributed by atoms with Crippen LogP contribution in [0.2, 0.25) is 0 Å². The van der Waals surface area contributed by atoms with E-state index in [-0.39, 0.29) is 11.8 Å². The number of carboxylic acids is 1. The van der Waals surface area contributed by atoms with E-state index in [0.29, 0.717) is 13.1 Å². The first-order chi connectivity index (χ1) is 9.39. The van der Waals surface area contributed by atoms with Crippen molar-refractivity contribution in [1.82, 2.24) is 4.90 Å². The summed E-state index contributed by atoms with van der Waals surface area (Å²) in [6.45, 7) is 5.81. The number of nitrogens with zero attached hydrogens (tertiary/aromatic N) is 1. The molecule has 1 unspecified atom stereocenters. The number of fused-ring (bicyclic) bond motifs is 1. The van der Waals surface area contributed by atoms with Crippen molar-refractivity contribution in [2.75, 3.05) is 18.4 Å². The molecular formula is C15H20N2O3. The maximum absolute atomic E-state index is 12.7. The van der Waals surface area contributed by atoms with Crippen LogP contribution < -0.4 is 5.32 Å². The number of likely N-dealkylation sites (N-methyl/N-ethyl adjacent to an activating group) is 1. The van der Waals surface area contributed by atoms with E-state index >= 15 is 0 Å². The molecule has 0 aromatic heterocycles. The van der Waals surface area contributed by atoms with Crippen LogP contribution in [-0.4, -0.2) is 40.5 Å². The van der Waals surface area contributed by atoms with Crippen LogP contribution in [0.25, 0.3) is 0 Å². The molecule has 1 aliphatic rings. The number of anilines is 1. The molecule has 1 aliphatic heterocycles. The number of benzene rings is 1. The smallest absolute Gasteiger partial charge is 0.329 e. The van der Waals surface area contributed by atoms with E-state index in [0.717, 1.165) is 11.3 Å². The summed E-state index contributed by atoms with van der Waals surface area (Å²) in [7, 11) is 0. The van der Waals surface area contributed by atoms with E-state index in [1.54, 1.807) is 20.8 Å².